The summed E-state index contributed by atoms with van der Waals surface area (Å²) >= 11 is 12.3. The summed E-state index contributed by atoms with van der Waals surface area (Å²) in [6, 6.07) is 6.76. The van der Waals surface area contributed by atoms with E-state index >= 15 is 0 Å². The Morgan fingerprint density at radius 1 is 1.34 bits per heavy atom. The molecule has 2 N–H and O–H groups in total. The molecule has 0 radical (unpaired) electrons. The Balaban J connectivity index is 1.72. The number of amides is 2. The van der Waals surface area contributed by atoms with E-state index in [-0.39, 0.29) is 36.0 Å². The summed E-state index contributed by atoms with van der Waals surface area (Å²) in [6.45, 7) is 2.65. The van der Waals surface area contributed by atoms with Gasteiger partial charge in [0.15, 0.2) is 11.6 Å². The van der Waals surface area contributed by atoms with Gasteiger partial charge in [-0.15, -0.1) is 0 Å². The third kappa shape index (κ3) is 4.74. The lowest BCUT2D eigenvalue weighted by atomic mass is 10.2. The number of rotatable bonds is 5. The molecule has 7 nitrogen and oxygen atoms in total. The topological polar surface area (TPSA) is 88.8 Å². The zero-order valence-electron chi connectivity index (χ0n) is 16.2. The lowest BCUT2D eigenvalue weighted by molar-refractivity contribution is -0.129. The van der Waals surface area contributed by atoms with Crippen molar-refractivity contribution in [1.29, 1.82) is 0 Å². The lowest BCUT2D eigenvalue weighted by Crippen LogP contribution is -2.38. The van der Waals surface area contributed by atoms with Gasteiger partial charge in [-0.3, -0.25) is 9.59 Å². The maximum absolute atomic E-state index is 12.9. The van der Waals surface area contributed by atoms with Gasteiger partial charge < -0.3 is 20.3 Å². The molecule has 1 aliphatic rings. The molecule has 154 valence electrons. The molecule has 0 bridgehead atoms. The number of likely N-dealkylation sites (N-methyl/N-ethyl adjacent to an activating group) is 1. The molecule has 3 rings (SSSR count). The van der Waals surface area contributed by atoms with E-state index in [1.165, 1.54) is 13.1 Å². The monoisotopic (exact) mass is 436 g/mol. The normalized spacial score (nSPS) is 16.0. The van der Waals surface area contributed by atoms with Gasteiger partial charge >= 0.3 is 0 Å². The zero-order valence-corrected chi connectivity index (χ0v) is 17.7. The summed E-state index contributed by atoms with van der Waals surface area (Å²) in [6.07, 6.45) is 2.16. The van der Waals surface area contributed by atoms with Gasteiger partial charge in [0.2, 0.25) is 5.91 Å². The fraction of sp³-hybridized carbons (Fsp3) is 0.350. The van der Waals surface area contributed by atoms with Gasteiger partial charge in [-0.25, -0.2) is 4.98 Å². The van der Waals surface area contributed by atoms with Crippen LogP contribution >= 0.6 is 23.2 Å². The molecular formula is C20H22Cl2N4O3. The highest BCUT2D eigenvalue weighted by Gasteiger charge is 2.30. The van der Waals surface area contributed by atoms with E-state index in [1.54, 1.807) is 41.1 Å². The number of ether oxygens (including phenoxy) is 1. The van der Waals surface area contributed by atoms with Crippen molar-refractivity contribution < 1.29 is 14.3 Å². The number of benzene rings is 1. The summed E-state index contributed by atoms with van der Waals surface area (Å²) in [5.41, 5.74) is 6.90. The van der Waals surface area contributed by atoms with Gasteiger partial charge in [0, 0.05) is 48.9 Å². The van der Waals surface area contributed by atoms with Gasteiger partial charge in [-0.1, -0.05) is 29.3 Å². The Kier molecular flexibility index (Phi) is 6.49. The third-order valence-electron chi connectivity index (χ3n) is 5.06. The SMILES string of the molecule is CC(=O)N(C)C1CCN(C(=O)c2cnc(N)c(OCc3c(Cl)cccc3Cl)c2)C1. The van der Waals surface area contributed by atoms with Gasteiger partial charge in [-0.05, 0) is 24.6 Å². The fourth-order valence-electron chi connectivity index (χ4n) is 3.19. The van der Waals surface area contributed by atoms with Crippen molar-refractivity contribution in [3.8, 4) is 5.75 Å². The Morgan fingerprint density at radius 3 is 2.69 bits per heavy atom. The van der Waals surface area contributed by atoms with Crippen molar-refractivity contribution in [3.63, 3.8) is 0 Å². The first-order valence-corrected chi connectivity index (χ1v) is 9.87. The Bertz CT molecular complexity index is 918. The molecule has 1 aliphatic heterocycles. The molecule has 29 heavy (non-hydrogen) atoms. The van der Waals surface area contributed by atoms with Gasteiger partial charge in [-0.2, -0.15) is 0 Å². The second-order valence-electron chi connectivity index (χ2n) is 6.92. The summed E-state index contributed by atoms with van der Waals surface area (Å²) in [5, 5.41) is 0.961. The van der Waals surface area contributed by atoms with Crippen LogP contribution in [0.4, 0.5) is 5.82 Å². The summed E-state index contributed by atoms with van der Waals surface area (Å²) < 4.78 is 5.75. The fourth-order valence-corrected chi connectivity index (χ4v) is 3.70. The number of carbonyl (C=O) groups excluding carboxylic acids is 2. The number of halogens is 2. The number of nitrogens with two attached hydrogens (primary N) is 1. The molecule has 1 atom stereocenters. The van der Waals surface area contributed by atoms with E-state index in [1.807, 2.05) is 0 Å². The number of pyridine rings is 1. The average Bonchev–Trinajstić information content (AvgIpc) is 3.17. The second-order valence-corrected chi connectivity index (χ2v) is 7.73. The number of nitrogen functional groups attached to an aromatic ring is 1. The predicted molar refractivity (Wildman–Crippen MR) is 112 cm³/mol. The van der Waals surface area contributed by atoms with Crippen LogP contribution in [0.15, 0.2) is 30.5 Å². The first-order valence-electron chi connectivity index (χ1n) is 9.11. The highest BCUT2D eigenvalue weighted by atomic mass is 35.5. The summed E-state index contributed by atoms with van der Waals surface area (Å²) in [4.78, 5) is 31.9. The Hall–Kier alpha value is -2.51. The molecule has 1 aromatic heterocycles. The van der Waals surface area contributed by atoms with Crippen LogP contribution < -0.4 is 10.5 Å². The molecule has 1 saturated heterocycles. The number of carbonyl (C=O) groups is 2. The molecule has 0 saturated carbocycles. The standard InChI is InChI=1S/C20H22Cl2N4O3/c1-12(27)25(2)14-6-7-26(10-14)20(28)13-8-18(19(23)24-9-13)29-11-15-16(21)4-3-5-17(15)22/h3-5,8-9,14H,6-7,10-11H2,1-2H3,(H2,23,24). The Labute approximate surface area is 179 Å². The smallest absolute Gasteiger partial charge is 0.255 e. The number of likely N-dealkylation sites (tertiary alicyclic amines) is 1. The molecule has 1 aromatic carbocycles. The van der Waals surface area contributed by atoms with Gasteiger partial charge in [0.05, 0.1) is 11.6 Å². The van der Waals surface area contributed by atoms with Crippen LogP contribution in [0.2, 0.25) is 10.0 Å². The van der Waals surface area contributed by atoms with Crippen LogP contribution in [-0.4, -0.2) is 52.8 Å². The maximum atomic E-state index is 12.9. The van der Waals surface area contributed by atoms with Gasteiger partial charge in [0.25, 0.3) is 5.91 Å². The molecule has 2 amide bonds. The third-order valence-corrected chi connectivity index (χ3v) is 5.77. The highest BCUT2D eigenvalue weighted by molar-refractivity contribution is 6.35. The van der Waals surface area contributed by atoms with E-state index < -0.39 is 0 Å². The minimum absolute atomic E-state index is 0.0104. The van der Waals surface area contributed by atoms with E-state index in [0.717, 1.165) is 6.42 Å². The van der Waals surface area contributed by atoms with Crippen LogP contribution in [0.1, 0.15) is 29.3 Å². The molecule has 1 unspecified atom stereocenters. The maximum Gasteiger partial charge on any atom is 0.255 e. The van der Waals surface area contributed by atoms with Crippen molar-refractivity contribution in [2.24, 2.45) is 0 Å². The minimum Gasteiger partial charge on any atom is -0.485 e. The lowest BCUT2D eigenvalue weighted by Gasteiger charge is -2.23. The van der Waals surface area contributed by atoms with Crippen molar-refractivity contribution in [3.05, 3.63) is 51.6 Å². The van der Waals surface area contributed by atoms with Crippen molar-refractivity contribution in [2.45, 2.75) is 26.0 Å². The number of nitrogens with zero attached hydrogens (tertiary/aromatic N) is 3. The van der Waals surface area contributed by atoms with Crippen LogP contribution in [0.25, 0.3) is 0 Å². The molecule has 0 aliphatic carbocycles. The quantitative estimate of drug-likeness (QED) is 0.776. The van der Waals surface area contributed by atoms with Crippen molar-refractivity contribution >= 4 is 40.8 Å². The second kappa shape index (κ2) is 8.88. The van der Waals surface area contributed by atoms with Crippen LogP contribution in [0.3, 0.4) is 0 Å². The number of hydrogen-bond donors (Lipinski definition) is 1. The number of hydrogen-bond acceptors (Lipinski definition) is 5. The van der Waals surface area contributed by atoms with E-state index in [4.69, 9.17) is 33.7 Å². The highest BCUT2D eigenvalue weighted by Crippen LogP contribution is 2.28. The zero-order chi connectivity index (χ0) is 21.1. The Morgan fingerprint density at radius 2 is 2.03 bits per heavy atom. The molecule has 2 aromatic rings. The number of aromatic nitrogens is 1. The van der Waals surface area contributed by atoms with E-state index in [9.17, 15) is 9.59 Å². The van der Waals surface area contributed by atoms with Crippen molar-refractivity contribution in [2.75, 3.05) is 25.9 Å². The largest absolute Gasteiger partial charge is 0.485 e. The van der Waals surface area contributed by atoms with Crippen molar-refractivity contribution in [1.82, 2.24) is 14.8 Å². The first-order chi connectivity index (χ1) is 13.8. The van der Waals surface area contributed by atoms with Gasteiger partial charge in [0.1, 0.15) is 6.61 Å². The molecular weight excluding hydrogens is 415 g/mol. The van der Waals surface area contributed by atoms with Crippen LogP contribution in [0.5, 0.6) is 5.75 Å². The summed E-state index contributed by atoms with van der Waals surface area (Å²) in [7, 11) is 1.75. The molecule has 9 heteroatoms. The molecule has 1 fully saturated rings. The van der Waals surface area contributed by atoms with Crippen LogP contribution in [-0.2, 0) is 11.4 Å². The molecule has 2 heterocycles. The predicted octanol–water partition coefficient (Wildman–Crippen LogP) is 3.24. The van der Waals surface area contributed by atoms with E-state index in [2.05, 4.69) is 4.98 Å². The summed E-state index contributed by atoms with van der Waals surface area (Å²) in [5.74, 6) is 0.244. The van der Waals surface area contributed by atoms with Crippen LogP contribution in [0, 0.1) is 0 Å². The first kappa shape index (κ1) is 21.2. The van der Waals surface area contributed by atoms with E-state index in [0.29, 0.717) is 34.3 Å². The molecule has 0 spiro atoms. The minimum atomic E-state index is -0.183. The average molecular weight is 437 g/mol. The number of anilines is 1.